The van der Waals surface area contributed by atoms with E-state index in [1.807, 2.05) is 73.7 Å². The van der Waals surface area contributed by atoms with Gasteiger partial charge in [0.25, 0.3) is 0 Å². The third-order valence-electron chi connectivity index (χ3n) is 7.41. The van der Waals surface area contributed by atoms with Crippen molar-refractivity contribution >= 4 is 17.4 Å². The Labute approximate surface area is 216 Å². The van der Waals surface area contributed by atoms with Crippen molar-refractivity contribution in [3.63, 3.8) is 0 Å². The normalized spacial score (nSPS) is 16.9. The molecule has 2 aliphatic rings. The number of esters is 1. The van der Waals surface area contributed by atoms with Gasteiger partial charge in [-0.05, 0) is 56.7 Å². The minimum absolute atomic E-state index is 0.0954. The van der Waals surface area contributed by atoms with Crippen molar-refractivity contribution in [1.29, 1.82) is 0 Å². The number of carbonyl (C=O) groups is 2. The molecule has 0 saturated heterocycles. The standard InChI is InChI=1S/C32H27NO4/c1-4-33(5-2)23-15-16-26-28(19-23)36-30-20(3)17-22(29(34)21-11-7-6-8-12-21)18-27(30)32(26)25-14-10-9-13-24(25)31(35)37-32/h6-19H,4-5H2,1-3H3. The fourth-order valence-electron chi connectivity index (χ4n) is 5.60. The summed E-state index contributed by atoms with van der Waals surface area (Å²) >= 11 is 0. The molecule has 4 aromatic rings. The number of ether oxygens (including phenoxy) is 2. The Morgan fingerprint density at radius 1 is 0.811 bits per heavy atom. The van der Waals surface area contributed by atoms with Crippen LogP contribution in [-0.4, -0.2) is 24.8 Å². The largest absolute Gasteiger partial charge is 0.456 e. The maximum absolute atomic E-state index is 13.5. The summed E-state index contributed by atoms with van der Waals surface area (Å²) in [5.74, 6) is 0.770. The predicted octanol–water partition coefficient (Wildman–Crippen LogP) is 6.64. The van der Waals surface area contributed by atoms with Crippen molar-refractivity contribution in [2.75, 3.05) is 18.0 Å². The van der Waals surface area contributed by atoms with Gasteiger partial charge in [-0.25, -0.2) is 4.79 Å². The van der Waals surface area contributed by atoms with E-state index < -0.39 is 5.60 Å². The average molecular weight is 490 g/mol. The van der Waals surface area contributed by atoms with Gasteiger partial charge in [-0.3, -0.25) is 4.79 Å². The third-order valence-corrected chi connectivity index (χ3v) is 7.41. The number of fused-ring (bicyclic) bond motifs is 6. The Kier molecular flexibility index (Phi) is 5.37. The van der Waals surface area contributed by atoms with E-state index in [4.69, 9.17) is 9.47 Å². The van der Waals surface area contributed by atoms with Crippen LogP contribution < -0.4 is 9.64 Å². The second-order valence-electron chi connectivity index (χ2n) is 9.44. The van der Waals surface area contributed by atoms with Gasteiger partial charge in [0.1, 0.15) is 11.5 Å². The van der Waals surface area contributed by atoms with Crippen molar-refractivity contribution in [2.45, 2.75) is 26.4 Å². The van der Waals surface area contributed by atoms with Crippen molar-refractivity contribution < 1.29 is 19.1 Å². The molecule has 0 aromatic heterocycles. The van der Waals surface area contributed by atoms with Crippen LogP contribution in [0.5, 0.6) is 11.5 Å². The molecule has 0 saturated carbocycles. The maximum Gasteiger partial charge on any atom is 0.340 e. The van der Waals surface area contributed by atoms with Crippen LogP contribution in [0.25, 0.3) is 0 Å². The van der Waals surface area contributed by atoms with Gasteiger partial charge in [0.15, 0.2) is 11.4 Å². The Hall–Kier alpha value is -4.38. The summed E-state index contributed by atoms with van der Waals surface area (Å²) in [6.07, 6.45) is 0. The lowest BCUT2D eigenvalue weighted by molar-refractivity contribution is 0.0224. The molecule has 6 rings (SSSR count). The number of benzene rings is 4. The van der Waals surface area contributed by atoms with Gasteiger partial charge in [0.2, 0.25) is 0 Å². The molecule has 1 spiro atoms. The molecular weight excluding hydrogens is 462 g/mol. The summed E-state index contributed by atoms with van der Waals surface area (Å²) < 4.78 is 12.9. The topological polar surface area (TPSA) is 55.8 Å². The van der Waals surface area contributed by atoms with Crippen LogP contribution in [0.2, 0.25) is 0 Å². The SMILES string of the molecule is CCN(CC)c1ccc2c(c1)Oc1c(C)cc(C(=O)c3ccccc3)cc1C21OC(=O)c2ccccc21. The molecule has 0 N–H and O–H groups in total. The minimum atomic E-state index is -1.21. The average Bonchev–Trinajstić information content (AvgIpc) is 3.23. The van der Waals surface area contributed by atoms with Crippen LogP contribution in [-0.2, 0) is 10.3 Å². The number of hydrogen-bond acceptors (Lipinski definition) is 5. The zero-order valence-corrected chi connectivity index (χ0v) is 21.1. The fraction of sp³-hybridized carbons (Fsp3) is 0.188. The van der Waals surface area contributed by atoms with Crippen molar-refractivity contribution in [1.82, 2.24) is 0 Å². The molecule has 2 aliphatic heterocycles. The smallest absolute Gasteiger partial charge is 0.340 e. The lowest BCUT2D eigenvalue weighted by Crippen LogP contribution is -2.34. The van der Waals surface area contributed by atoms with Crippen molar-refractivity contribution in [3.8, 4) is 11.5 Å². The zero-order chi connectivity index (χ0) is 25.7. The van der Waals surface area contributed by atoms with E-state index >= 15 is 0 Å². The molecule has 0 bridgehead atoms. The maximum atomic E-state index is 13.5. The van der Waals surface area contributed by atoms with Crippen LogP contribution in [0.1, 0.15) is 62.4 Å². The summed E-state index contributed by atoms with van der Waals surface area (Å²) in [6, 6.07) is 26.4. The van der Waals surface area contributed by atoms with E-state index in [1.54, 1.807) is 18.2 Å². The molecule has 0 aliphatic carbocycles. The van der Waals surface area contributed by atoms with Crippen molar-refractivity contribution in [3.05, 3.63) is 124 Å². The third kappa shape index (κ3) is 3.38. The molecule has 184 valence electrons. The highest BCUT2D eigenvalue weighted by atomic mass is 16.6. The Bertz CT molecular complexity index is 1550. The molecule has 4 aromatic carbocycles. The molecular formula is C32H27NO4. The second kappa shape index (κ2) is 8.63. The highest BCUT2D eigenvalue weighted by Crippen LogP contribution is 2.57. The monoisotopic (exact) mass is 489 g/mol. The first-order valence-corrected chi connectivity index (χ1v) is 12.6. The predicted molar refractivity (Wildman–Crippen MR) is 143 cm³/mol. The van der Waals surface area contributed by atoms with Crippen LogP contribution in [0.15, 0.2) is 84.9 Å². The van der Waals surface area contributed by atoms with E-state index in [2.05, 4.69) is 18.7 Å². The highest BCUT2D eigenvalue weighted by Gasteiger charge is 2.54. The summed E-state index contributed by atoms with van der Waals surface area (Å²) in [4.78, 5) is 28.9. The first-order chi connectivity index (χ1) is 18.0. The van der Waals surface area contributed by atoms with Crippen LogP contribution in [0.3, 0.4) is 0 Å². The van der Waals surface area contributed by atoms with Crippen LogP contribution >= 0.6 is 0 Å². The van der Waals surface area contributed by atoms with Gasteiger partial charge < -0.3 is 14.4 Å². The fourth-order valence-corrected chi connectivity index (χ4v) is 5.60. The number of ketones is 1. The van der Waals surface area contributed by atoms with Crippen molar-refractivity contribution in [2.24, 2.45) is 0 Å². The Morgan fingerprint density at radius 3 is 2.30 bits per heavy atom. The van der Waals surface area contributed by atoms with E-state index in [0.717, 1.165) is 35.5 Å². The summed E-state index contributed by atoms with van der Waals surface area (Å²) in [7, 11) is 0. The molecule has 0 fully saturated rings. The number of anilines is 1. The zero-order valence-electron chi connectivity index (χ0n) is 21.1. The van der Waals surface area contributed by atoms with E-state index in [9.17, 15) is 9.59 Å². The molecule has 0 amide bonds. The van der Waals surface area contributed by atoms with Gasteiger partial charge in [-0.1, -0.05) is 48.5 Å². The molecule has 1 atom stereocenters. The van der Waals surface area contributed by atoms with Gasteiger partial charge >= 0.3 is 5.97 Å². The molecule has 1 unspecified atom stereocenters. The Balaban J connectivity index is 1.62. The van der Waals surface area contributed by atoms with Gasteiger partial charge in [-0.2, -0.15) is 0 Å². The number of hydrogen-bond donors (Lipinski definition) is 0. The van der Waals surface area contributed by atoms with E-state index in [-0.39, 0.29) is 11.8 Å². The first kappa shape index (κ1) is 23.0. The number of carbonyl (C=O) groups excluding carboxylic acids is 2. The van der Waals surface area contributed by atoms with Crippen LogP contribution in [0.4, 0.5) is 5.69 Å². The number of rotatable bonds is 5. The molecule has 37 heavy (non-hydrogen) atoms. The first-order valence-electron chi connectivity index (χ1n) is 12.6. The lowest BCUT2D eigenvalue weighted by atomic mass is 9.76. The minimum Gasteiger partial charge on any atom is -0.456 e. The number of aryl methyl sites for hydroxylation is 1. The van der Waals surface area contributed by atoms with Gasteiger partial charge in [-0.15, -0.1) is 0 Å². The van der Waals surface area contributed by atoms with Gasteiger partial charge in [0, 0.05) is 52.7 Å². The van der Waals surface area contributed by atoms with E-state index in [0.29, 0.717) is 33.8 Å². The molecule has 5 nitrogen and oxygen atoms in total. The summed E-state index contributed by atoms with van der Waals surface area (Å²) in [6.45, 7) is 7.88. The molecule has 5 heteroatoms. The quantitative estimate of drug-likeness (QED) is 0.232. The van der Waals surface area contributed by atoms with E-state index in [1.165, 1.54) is 0 Å². The Morgan fingerprint density at radius 2 is 1.54 bits per heavy atom. The van der Waals surface area contributed by atoms with Crippen LogP contribution in [0, 0.1) is 6.92 Å². The second-order valence-corrected chi connectivity index (χ2v) is 9.44. The number of nitrogens with zero attached hydrogens (tertiary/aromatic N) is 1. The van der Waals surface area contributed by atoms with Gasteiger partial charge in [0.05, 0.1) is 5.56 Å². The lowest BCUT2D eigenvalue weighted by Gasteiger charge is -2.38. The summed E-state index contributed by atoms with van der Waals surface area (Å²) in [5.41, 5.74) is 4.43. The molecule has 2 heterocycles. The molecule has 0 radical (unpaired) electrons. The highest BCUT2D eigenvalue weighted by molar-refractivity contribution is 6.09. The summed E-state index contributed by atoms with van der Waals surface area (Å²) in [5, 5.41) is 0.